The van der Waals surface area contributed by atoms with E-state index in [-0.39, 0.29) is 0 Å². The zero-order valence-electron chi connectivity index (χ0n) is 9.31. The summed E-state index contributed by atoms with van der Waals surface area (Å²) in [6, 6.07) is 10.8. The highest BCUT2D eigenvalue weighted by molar-refractivity contribution is 7.80. The second kappa shape index (κ2) is 5.83. The van der Waals surface area contributed by atoms with Crippen LogP contribution in [-0.2, 0) is 6.54 Å². The van der Waals surface area contributed by atoms with Crippen LogP contribution >= 0.6 is 12.2 Å². The molecule has 0 saturated heterocycles. The lowest BCUT2D eigenvalue weighted by molar-refractivity contribution is 0.255. The fourth-order valence-electron chi connectivity index (χ4n) is 1.47. The van der Waals surface area contributed by atoms with Crippen molar-refractivity contribution in [3.8, 4) is 0 Å². The fourth-order valence-corrected chi connectivity index (χ4v) is 1.72. The lowest BCUT2D eigenvalue weighted by atomic mass is 10.1. The van der Waals surface area contributed by atoms with Crippen LogP contribution in [0.2, 0.25) is 0 Å². The molecule has 3 heteroatoms. The zero-order chi connectivity index (χ0) is 11.3. The van der Waals surface area contributed by atoms with Gasteiger partial charge in [-0.1, -0.05) is 42.5 Å². The Morgan fingerprint density at radius 2 is 2.00 bits per heavy atom. The van der Waals surface area contributed by atoms with Gasteiger partial charge in [-0.05, 0) is 19.5 Å². The third kappa shape index (κ3) is 4.40. The lowest BCUT2D eigenvalue weighted by Crippen LogP contribution is -2.32. The average Bonchev–Trinajstić information content (AvgIpc) is 2.18. The highest BCUT2D eigenvalue weighted by Gasteiger charge is 2.10. The molecule has 2 N–H and O–H groups in total. The molecule has 1 aromatic carbocycles. The third-order valence-electron chi connectivity index (χ3n) is 2.52. The summed E-state index contributed by atoms with van der Waals surface area (Å²) in [7, 11) is 2.09. The summed E-state index contributed by atoms with van der Waals surface area (Å²) in [6.45, 7) is 3.08. The quantitative estimate of drug-likeness (QED) is 0.774. The van der Waals surface area contributed by atoms with E-state index in [9.17, 15) is 0 Å². The van der Waals surface area contributed by atoms with Crippen molar-refractivity contribution in [2.75, 3.05) is 7.05 Å². The molecule has 0 bridgehead atoms. The first-order valence-electron chi connectivity index (χ1n) is 5.12. The van der Waals surface area contributed by atoms with Gasteiger partial charge in [-0.25, -0.2) is 0 Å². The largest absolute Gasteiger partial charge is 0.393 e. The van der Waals surface area contributed by atoms with E-state index in [1.165, 1.54) is 5.56 Å². The van der Waals surface area contributed by atoms with E-state index in [0.717, 1.165) is 13.0 Å². The van der Waals surface area contributed by atoms with E-state index < -0.39 is 0 Å². The van der Waals surface area contributed by atoms with Crippen LogP contribution in [0.5, 0.6) is 0 Å². The Bertz CT molecular complexity index is 311. The molecule has 1 atom stereocenters. The van der Waals surface area contributed by atoms with Crippen molar-refractivity contribution >= 4 is 17.2 Å². The maximum atomic E-state index is 5.53. The molecular formula is C12H18N2S. The van der Waals surface area contributed by atoms with Crippen LogP contribution in [0.4, 0.5) is 0 Å². The molecule has 0 aliphatic heterocycles. The van der Waals surface area contributed by atoms with Crippen LogP contribution in [0.15, 0.2) is 30.3 Å². The molecule has 0 fully saturated rings. The van der Waals surface area contributed by atoms with Crippen molar-refractivity contribution in [2.24, 2.45) is 5.73 Å². The topological polar surface area (TPSA) is 29.3 Å². The summed E-state index contributed by atoms with van der Waals surface area (Å²) in [4.78, 5) is 2.84. The van der Waals surface area contributed by atoms with Gasteiger partial charge in [-0.2, -0.15) is 0 Å². The Kier molecular flexibility index (Phi) is 4.72. The zero-order valence-corrected chi connectivity index (χ0v) is 10.1. The van der Waals surface area contributed by atoms with Crippen LogP contribution in [0.25, 0.3) is 0 Å². The molecule has 0 amide bonds. The molecular weight excluding hydrogens is 204 g/mol. The SMILES string of the molecule is CC(CC(N)=S)N(C)Cc1ccccc1. The standard InChI is InChI=1S/C12H18N2S/c1-10(8-12(13)15)14(2)9-11-6-4-3-5-7-11/h3-7,10H,8-9H2,1-2H3,(H2,13,15). The fraction of sp³-hybridized carbons (Fsp3) is 0.417. The Morgan fingerprint density at radius 3 is 2.53 bits per heavy atom. The van der Waals surface area contributed by atoms with E-state index in [2.05, 4.69) is 43.1 Å². The first-order chi connectivity index (χ1) is 7.09. The number of hydrogen-bond acceptors (Lipinski definition) is 2. The van der Waals surface area contributed by atoms with E-state index >= 15 is 0 Å². The number of thiocarbonyl (C=S) groups is 1. The van der Waals surface area contributed by atoms with Crippen LogP contribution in [-0.4, -0.2) is 23.0 Å². The minimum absolute atomic E-state index is 0.391. The molecule has 1 unspecified atom stereocenters. The van der Waals surface area contributed by atoms with Crippen molar-refractivity contribution in [1.82, 2.24) is 4.90 Å². The summed E-state index contributed by atoms with van der Waals surface area (Å²) in [5.74, 6) is 0. The van der Waals surface area contributed by atoms with Gasteiger partial charge in [-0.3, -0.25) is 4.90 Å². The van der Waals surface area contributed by atoms with Gasteiger partial charge >= 0.3 is 0 Å². The molecule has 82 valence electrons. The maximum Gasteiger partial charge on any atom is 0.0742 e. The van der Waals surface area contributed by atoms with Crippen LogP contribution in [0.3, 0.4) is 0 Å². The predicted molar refractivity (Wildman–Crippen MR) is 68.8 cm³/mol. The molecule has 0 saturated carbocycles. The molecule has 0 radical (unpaired) electrons. The van der Waals surface area contributed by atoms with Gasteiger partial charge in [0.2, 0.25) is 0 Å². The Morgan fingerprint density at radius 1 is 1.40 bits per heavy atom. The summed E-state index contributed by atoms with van der Waals surface area (Å²) in [5, 5.41) is 0. The molecule has 0 aromatic heterocycles. The summed E-state index contributed by atoms with van der Waals surface area (Å²) in [5.41, 5.74) is 6.84. The number of rotatable bonds is 5. The molecule has 0 spiro atoms. The number of hydrogen-bond donors (Lipinski definition) is 1. The van der Waals surface area contributed by atoms with Crippen molar-refractivity contribution in [2.45, 2.75) is 25.9 Å². The van der Waals surface area contributed by atoms with Crippen LogP contribution in [0.1, 0.15) is 18.9 Å². The molecule has 2 nitrogen and oxygen atoms in total. The first kappa shape index (κ1) is 12.1. The monoisotopic (exact) mass is 222 g/mol. The normalized spacial score (nSPS) is 12.7. The van der Waals surface area contributed by atoms with Gasteiger partial charge in [0.15, 0.2) is 0 Å². The molecule has 0 heterocycles. The first-order valence-corrected chi connectivity index (χ1v) is 5.53. The Hall–Kier alpha value is -0.930. The van der Waals surface area contributed by atoms with Crippen LogP contribution < -0.4 is 5.73 Å². The van der Waals surface area contributed by atoms with Gasteiger partial charge in [-0.15, -0.1) is 0 Å². The minimum atomic E-state index is 0.391. The van der Waals surface area contributed by atoms with E-state index in [4.69, 9.17) is 18.0 Å². The summed E-state index contributed by atoms with van der Waals surface area (Å²) in [6.07, 6.45) is 0.776. The molecule has 1 aromatic rings. The maximum absolute atomic E-state index is 5.53. The highest BCUT2D eigenvalue weighted by atomic mass is 32.1. The minimum Gasteiger partial charge on any atom is -0.393 e. The Balaban J connectivity index is 2.48. The van der Waals surface area contributed by atoms with E-state index in [0.29, 0.717) is 11.0 Å². The van der Waals surface area contributed by atoms with Gasteiger partial charge in [0.1, 0.15) is 0 Å². The van der Waals surface area contributed by atoms with Gasteiger partial charge < -0.3 is 5.73 Å². The predicted octanol–water partition coefficient (Wildman–Crippen LogP) is 2.18. The molecule has 1 rings (SSSR count). The van der Waals surface area contributed by atoms with Crippen molar-refractivity contribution in [3.63, 3.8) is 0 Å². The van der Waals surface area contributed by atoms with Crippen molar-refractivity contribution in [3.05, 3.63) is 35.9 Å². The van der Waals surface area contributed by atoms with Gasteiger partial charge in [0, 0.05) is 19.0 Å². The average molecular weight is 222 g/mol. The number of nitrogens with zero attached hydrogens (tertiary/aromatic N) is 1. The lowest BCUT2D eigenvalue weighted by Gasteiger charge is -2.24. The molecule has 0 aliphatic rings. The highest BCUT2D eigenvalue weighted by Crippen LogP contribution is 2.08. The molecule has 15 heavy (non-hydrogen) atoms. The molecule has 0 aliphatic carbocycles. The Labute approximate surface area is 97.1 Å². The number of benzene rings is 1. The van der Waals surface area contributed by atoms with Gasteiger partial charge in [0.25, 0.3) is 0 Å². The summed E-state index contributed by atoms with van der Waals surface area (Å²) < 4.78 is 0. The summed E-state index contributed by atoms with van der Waals surface area (Å²) >= 11 is 4.91. The second-order valence-corrected chi connectivity index (χ2v) is 4.44. The third-order valence-corrected chi connectivity index (χ3v) is 2.69. The van der Waals surface area contributed by atoms with E-state index in [1.807, 2.05) is 6.07 Å². The van der Waals surface area contributed by atoms with Crippen molar-refractivity contribution < 1.29 is 0 Å². The smallest absolute Gasteiger partial charge is 0.0742 e. The second-order valence-electron chi connectivity index (χ2n) is 3.92. The number of nitrogens with two attached hydrogens (primary N) is 1. The van der Waals surface area contributed by atoms with Crippen molar-refractivity contribution in [1.29, 1.82) is 0 Å². The van der Waals surface area contributed by atoms with Gasteiger partial charge in [0.05, 0.1) is 4.99 Å². The van der Waals surface area contributed by atoms with E-state index in [1.54, 1.807) is 0 Å². The van der Waals surface area contributed by atoms with Crippen LogP contribution in [0, 0.1) is 0 Å².